The van der Waals surface area contributed by atoms with Crippen LogP contribution in [0.3, 0.4) is 0 Å². The van der Waals surface area contributed by atoms with Gasteiger partial charge >= 0.3 is 0 Å². The lowest BCUT2D eigenvalue weighted by molar-refractivity contribution is -0.116. The van der Waals surface area contributed by atoms with E-state index in [9.17, 15) is 9.59 Å². The van der Waals surface area contributed by atoms with Crippen LogP contribution in [0.15, 0.2) is 53.3 Å². The van der Waals surface area contributed by atoms with Crippen LogP contribution in [0, 0.1) is 20.8 Å². The Kier molecular flexibility index (Phi) is 4.70. The molecule has 0 aliphatic rings. The van der Waals surface area contributed by atoms with E-state index in [0.717, 1.165) is 33.3 Å². The zero-order chi connectivity index (χ0) is 18.0. The highest BCUT2D eigenvalue weighted by molar-refractivity contribution is 5.91. The third-order valence-electron chi connectivity index (χ3n) is 4.46. The number of pyridine rings is 1. The lowest BCUT2D eigenvalue weighted by Crippen LogP contribution is -2.23. The molecule has 0 atom stereocenters. The van der Waals surface area contributed by atoms with Gasteiger partial charge in [0.25, 0.3) is 5.56 Å². The summed E-state index contributed by atoms with van der Waals surface area (Å²) in [5.41, 5.74) is 4.70. The number of anilines is 1. The SMILES string of the molecule is Cc1ccc(C)c(NC(=O)CCn2c(=O)cc(C)c3ccccc32)c1. The standard InChI is InChI=1S/C21H22N2O2/c1-14-8-9-15(2)18(12-14)22-20(24)10-11-23-19-7-5-4-6-17(19)16(3)13-21(23)25/h4-9,12-13H,10-11H2,1-3H3,(H,22,24). The molecule has 0 saturated carbocycles. The summed E-state index contributed by atoms with van der Waals surface area (Å²) in [7, 11) is 0. The molecule has 1 aromatic heterocycles. The summed E-state index contributed by atoms with van der Waals surface area (Å²) in [6, 6.07) is 15.4. The summed E-state index contributed by atoms with van der Waals surface area (Å²) >= 11 is 0. The number of aryl methyl sites for hydroxylation is 4. The van der Waals surface area contributed by atoms with Crippen molar-refractivity contribution in [1.82, 2.24) is 4.57 Å². The molecule has 128 valence electrons. The van der Waals surface area contributed by atoms with Crippen LogP contribution in [0.2, 0.25) is 0 Å². The van der Waals surface area contributed by atoms with E-state index in [0.29, 0.717) is 6.54 Å². The molecule has 0 aliphatic carbocycles. The van der Waals surface area contributed by atoms with Gasteiger partial charge in [-0.05, 0) is 49.6 Å². The molecule has 3 aromatic rings. The van der Waals surface area contributed by atoms with Crippen LogP contribution >= 0.6 is 0 Å². The number of amides is 1. The number of nitrogens with zero attached hydrogens (tertiary/aromatic N) is 1. The number of hydrogen-bond donors (Lipinski definition) is 1. The van der Waals surface area contributed by atoms with Crippen LogP contribution in [0.4, 0.5) is 5.69 Å². The molecule has 0 bridgehead atoms. The average Bonchev–Trinajstić information content (AvgIpc) is 2.58. The molecule has 0 saturated heterocycles. The Morgan fingerprint density at radius 1 is 1.00 bits per heavy atom. The van der Waals surface area contributed by atoms with Crippen molar-refractivity contribution < 1.29 is 4.79 Å². The Hall–Kier alpha value is -2.88. The number of rotatable bonds is 4. The molecular formula is C21H22N2O2. The van der Waals surface area contributed by atoms with Gasteiger partial charge in [-0.25, -0.2) is 0 Å². The van der Waals surface area contributed by atoms with E-state index in [-0.39, 0.29) is 17.9 Å². The van der Waals surface area contributed by atoms with Gasteiger partial charge in [-0.2, -0.15) is 0 Å². The van der Waals surface area contributed by atoms with Gasteiger partial charge in [0.2, 0.25) is 5.91 Å². The van der Waals surface area contributed by atoms with Crippen LogP contribution in [-0.4, -0.2) is 10.5 Å². The topological polar surface area (TPSA) is 51.1 Å². The number of benzene rings is 2. The lowest BCUT2D eigenvalue weighted by atomic mass is 10.1. The van der Waals surface area contributed by atoms with Crippen molar-refractivity contribution in [3.63, 3.8) is 0 Å². The molecule has 2 aromatic carbocycles. The predicted octanol–water partition coefficient (Wildman–Crippen LogP) is 3.96. The first-order chi connectivity index (χ1) is 12.0. The van der Waals surface area contributed by atoms with E-state index in [1.807, 2.05) is 63.2 Å². The van der Waals surface area contributed by atoms with Gasteiger partial charge in [0.15, 0.2) is 0 Å². The Morgan fingerprint density at radius 2 is 1.76 bits per heavy atom. The largest absolute Gasteiger partial charge is 0.326 e. The minimum absolute atomic E-state index is 0.0734. The molecule has 1 N–H and O–H groups in total. The molecule has 1 heterocycles. The number of carbonyl (C=O) groups excluding carboxylic acids is 1. The molecule has 0 fully saturated rings. The van der Waals surface area contributed by atoms with Gasteiger partial charge in [-0.1, -0.05) is 30.3 Å². The summed E-state index contributed by atoms with van der Waals surface area (Å²) in [6.45, 7) is 6.25. The fraction of sp³-hybridized carbons (Fsp3) is 0.238. The minimum atomic E-state index is -0.0924. The maximum atomic E-state index is 12.4. The van der Waals surface area contributed by atoms with Crippen LogP contribution in [-0.2, 0) is 11.3 Å². The number of para-hydroxylation sites is 1. The highest BCUT2D eigenvalue weighted by Gasteiger charge is 2.09. The molecule has 25 heavy (non-hydrogen) atoms. The molecule has 0 aliphatic heterocycles. The van der Waals surface area contributed by atoms with Crippen molar-refractivity contribution in [2.24, 2.45) is 0 Å². The van der Waals surface area contributed by atoms with E-state index in [2.05, 4.69) is 5.32 Å². The predicted molar refractivity (Wildman–Crippen MR) is 102 cm³/mol. The second kappa shape index (κ2) is 6.93. The van der Waals surface area contributed by atoms with Crippen molar-refractivity contribution in [2.75, 3.05) is 5.32 Å². The number of hydrogen-bond acceptors (Lipinski definition) is 2. The second-order valence-corrected chi connectivity index (χ2v) is 6.45. The average molecular weight is 334 g/mol. The van der Waals surface area contributed by atoms with E-state index < -0.39 is 0 Å². The highest BCUT2D eigenvalue weighted by atomic mass is 16.1. The molecule has 0 radical (unpaired) electrons. The maximum absolute atomic E-state index is 12.4. The smallest absolute Gasteiger partial charge is 0.251 e. The van der Waals surface area contributed by atoms with E-state index in [4.69, 9.17) is 0 Å². The third-order valence-corrected chi connectivity index (χ3v) is 4.46. The van der Waals surface area contributed by atoms with E-state index in [1.54, 1.807) is 10.6 Å². The molecule has 4 nitrogen and oxygen atoms in total. The Bertz CT molecular complexity index is 1000. The van der Waals surface area contributed by atoms with Crippen molar-refractivity contribution in [3.8, 4) is 0 Å². The quantitative estimate of drug-likeness (QED) is 0.785. The van der Waals surface area contributed by atoms with Crippen molar-refractivity contribution in [1.29, 1.82) is 0 Å². The minimum Gasteiger partial charge on any atom is -0.326 e. The Labute approximate surface area is 147 Å². The third kappa shape index (κ3) is 3.63. The van der Waals surface area contributed by atoms with Crippen molar-refractivity contribution >= 4 is 22.5 Å². The van der Waals surface area contributed by atoms with Gasteiger partial charge < -0.3 is 9.88 Å². The van der Waals surface area contributed by atoms with E-state index in [1.165, 1.54) is 0 Å². The zero-order valence-electron chi connectivity index (χ0n) is 14.8. The first-order valence-corrected chi connectivity index (χ1v) is 8.42. The number of carbonyl (C=O) groups is 1. The second-order valence-electron chi connectivity index (χ2n) is 6.45. The van der Waals surface area contributed by atoms with Gasteiger partial charge in [0.1, 0.15) is 0 Å². The van der Waals surface area contributed by atoms with E-state index >= 15 is 0 Å². The number of nitrogens with one attached hydrogen (secondary N) is 1. The van der Waals surface area contributed by atoms with Gasteiger partial charge in [-0.3, -0.25) is 9.59 Å². The first-order valence-electron chi connectivity index (χ1n) is 8.42. The van der Waals surface area contributed by atoms with Gasteiger partial charge in [0.05, 0.1) is 5.52 Å². The molecule has 4 heteroatoms. The van der Waals surface area contributed by atoms with Crippen LogP contribution in [0.1, 0.15) is 23.1 Å². The lowest BCUT2D eigenvalue weighted by Gasteiger charge is -2.13. The fourth-order valence-electron chi connectivity index (χ4n) is 3.03. The monoisotopic (exact) mass is 334 g/mol. The molecular weight excluding hydrogens is 312 g/mol. The highest BCUT2D eigenvalue weighted by Crippen LogP contribution is 2.18. The molecule has 1 amide bonds. The Balaban J connectivity index is 1.80. The maximum Gasteiger partial charge on any atom is 0.251 e. The summed E-state index contributed by atoms with van der Waals surface area (Å²) < 4.78 is 1.67. The Morgan fingerprint density at radius 3 is 2.56 bits per heavy atom. The van der Waals surface area contributed by atoms with Crippen LogP contribution < -0.4 is 10.9 Å². The number of aromatic nitrogens is 1. The zero-order valence-corrected chi connectivity index (χ0v) is 14.8. The normalized spacial score (nSPS) is 10.8. The summed E-state index contributed by atoms with van der Waals surface area (Å²) in [5.74, 6) is -0.0924. The summed E-state index contributed by atoms with van der Waals surface area (Å²) in [4.78, 5) is 24.7. The van der Waals surface area contributed by atoms with Crippen LogP contribution in [0.25, 0.3) is 10.9 Å². The first kappa shape index (κ1) is 17.0. The van der Waals surface area contributed by atoms with Crippen molar-refractivity contribution in [3.05, 3.63) is 75.6 Å². The molecule has 0 spiro atoms. The molecule has 3 rings (SSSR count). The van der Waals surface area contributed by atoms with Gasteiger partial charge in [0, 0.05) is 30.1 Å². The fourth-order valence-corrected chi connectivity index (χ4v) is 3.03. The summed E-state index contributed by atoms with van der Waals surface area (Å²) in [6.07, 6.45) is 0.250. The van der Waals surface area contributed by atoms with Gasteiger partial charge in [-0.15, -0.1) is 0 Å². The van der Waals surface area contributed by atoms with Crippen LogP contribution in [0.5, 0.6) is 0 Å². The van der Waals surface area contributed by atoms with Crippen molar-refractivity contribution in [2.45, 2.75) is 33.7 Å². The molecule has 0 unspecified atom stereocenters. The number of fused-ring (bicyclic) bond motifs is 1. The summed E-state index contributed by atoms with van der Waals surface area (Å²) in [5, 5.41) is 3.98.